The predicted octanol–water partition coefficient (Wildman–Crippen LogP) is 3.06. The molecule has 4 rings (SSSR count). The Kier molecular flexibility index (Phi) is 4.91. The van der Waals surface area contributed by atoms with Crippen molar-refractivity contribution < 1.29 is 18.7 Å². The van der Waals surface area contributed by atoms with Crippen molar-refractivity contribution in [3.05, 3.63) is 58.1 Å². The summed E-state index contributed by atoms with van der Waals surface area (Å²) in [7, 11) is 0. The van der Waals surface area contributed by atoms with Gasteiger partial charge in [-0.05, 0) is 50.5 Å². The molecule has 0 radical (unpaired) electrons. The molecule has 3 aromatic rings. The Balaban J connectivity index is 1.48. The number of aryl methyl sites for hydroxylation is 1. The van der Waals surface area contributed by atoms with Crippen LogP contribution < -0.4 is 5.32 Å². The lowest BCUT2D eigenvalue weighted by molar-refractivity contribution is -0.119. The second kappa shape index (κ2) is 7.51. The number of fused-ring (bicyclic) bond motifs is 1. The zero-order chi connectivity index (χ0) is 19.7. The van der Waals surface area contributed by atoms with Gasteiger partial charge in [-0.3, -0.25) is 10.1 Å². The standard InChI is InChI=1S/C19H17FN4O3S/c1-11-10-28-19(21-11)22-16(25)9-27-18(26)17-14-3-2-4-15(14)24(23-17)13-7-5-12(20)6-8-13/h5-8,10H,2-4,9H2,1H3,(H,21,22,25). The topological polar surface area (TPSA) is 86.1 Å². The quantitative estimate of drug-likeness (QED) is 0.665. The van der Waals surface area contributed by atoms with Crippen LogP contribution in [0.2, 0.25) is 0 Å². The molecule has 9 heteroatoms. The molecule has 0 aliphatic heterocycles. The number of esters is 1. The first kappa shape index (κ1) is 18.3. The van der Waals surface area contributed by atoms with Crippen LogP contribution in [0.1, 0.15) is 33.9 Å². The maximum absolute atomic E-state index is 13.2. The molecule has 1 aliphatic carbocycles. The van der Waals surface area contributed by atoms with Gasteiger partial charge in [0.2, 0.25) is 0 Å². The zero-order valence-corrected chi connectivity index (χ0v) is 15.9. The number of halogens is 1. The number of hydrogen-bond acceptors (Lipinski definition) is 6. The molecule has 0 bridgehead atoms. The largest absolute Gasteiger partial charge is 0.451 e. The fraction of sp³-hybridized carbons (Fsp3) is 0.263. The van der Waals surface area contributed by atoms with E-state index in [-0.39, 0.29) is 11.5 Å². The molecule has 0 saturated carbocycles. The van der Waals surface area contributed by atoms with Crippen LogP contribution in [0.3, 0.4) is 0 Å². The van der Waals surface area contributed by atoms with E-state index in [1.165, 1.54) is 23.5 Å². The van der Waals surface area contributed by atoms with Crippen LogP contribution in [0.25, 0.3) is 5.69 Å². The Hall–Kier alpha value is -3.07. The summed E-state index contributed by atoms with van der Waals surface area (Å²) in [6, 6.07) is 5.92. The van der Waals surface area contributed by atoms with Crippen molar-refractivity contribution >= 4 is 28.3 Å². The van der Waals surface area contributed by atoms with E-state index in [4.69, 9.17) is 4.74 Å². The van der Waals surface area contributed by atoms with Crippen LogP contribution in [0, 0.1) is 12.7 Å². The number of benzene rings is 1. The van der Waals surface area contributed by atoms with Gasteiger partial charge < -0.3 is 4.74 Å². The summed E-state index contributed by atoms with van der Waals surface area (Å²) in [5, 5.41) is 9.23. The van der Waals surface area contributed by atoms with Crippen molar-refractivity contribution in [1.29, 1.82) is 0 Å². The maximum Gasteiger partial charge on any atom is 0.359 e. The molecule has 1 aromatic carbocycles. The van der Waals surface area contributed by atoms with Crippen molar-refractivity contribution in [3.63, 3.8) is 0 Å². The van der Waals surface area contributed by atoms with Gasteiger partial charge in [-0.2, -0.15) is 5.10 Å². The third kappa shape index (κ3) is 3.65. The van der Waals surface area contributed by atoms with E-state index in [1.54, 1.807) is 16.8 Å². The van der Waals surface area contributed by atoms with Gasteiger partial charge in [0, 0.05) is 16.6 Å². The van der Waals surface area contributed by atoms with Crippen LogP contribution in [-0.2, 0) is 22.4 Å². The van der Waals surface area contributed by atoms with Crippen molar-refractivity contribution in [3.8, 4) is 5.69 Å². The molecule has 144 valence electrons. The number of ether oxygens (including phenoxy) is 1. The average Bonchev–Trinajstić information content (AvgIpc) is 3.37. The molecule has 28 heavy (non-hydrogen) atoms. The Morgan fingerprint density at radius 1 is 1.29 bits per heavy atom. The van der Waals surface area contributed by atoms with Crippen molar-refractivity contribution in [1.82, 2.24) is 14.8 Å². The van der Waals surface area contributed by atoms with Crippen molar-refractivity contribution in [2.75, 3.05) is 11.9 Å². The Morgan fingerprint density at radius 2 is 2.07 bits per heavy atom. The van der Waals surface area contributed by atoms with Gasteiger partial charge in [0.15, 0.2) is 17.4 Å². The lowest BCUT2D eigenvalue weighted by Crippen LogP contribution is -2.21. The summed E-state index contributed by atoms with van der Waals surface area (Å²) in [4.78, 5) is 28.6. The minimum absolute atomic E-state index is 0.203. The first-order chi connectivity index (χ1) is 13.5. The average molecular weight is 400 g/mol. The highest BCUT2D eigenvalue weighted by molar-refractivity contribution is 7.13. The summed E-state index contributed by atoms with van der Waals surface area (Å²) >= 11 is 1.30. The Labute approximate surface area is 164 Å². The van der Waals surface area contributed by atoms with Gasteiger partial charge in [-0.15, -0.1) is 11.3 Å². The monoisotopic (exact) mass is 400 g/mol. The van der Waals surface area contributed by atoms with Gasteiger partial charge in [-0.1, -0.05) is 0 Å². The lowest BCUT2D eigenvalue weighted by Gasteiger charge is -2.05. The van der Waals surface area contributed by atoms with Gasteiger partial charge >= 0.3 is 5.97 Å². The maximum atomic E-state index is 13.2. The number of hydrogen-bond donors (Lipinski definition) is 1. The van der Waals surface area contributed by atoms with Crippen molar-refractivity contribution in [2.45, 2.75) is 26.2 Å². The van der Waals surface area contributed by atoms with E-state index in [0.29, 0.717) is 17.2 Å². The van der Waals surface area contributed by atoms with Gasteiger partial charge in [-0.25, -0.2) is 18.9 Å². The van der Waals surface area contributed by atoms with Crippen LogP contribution in [0.15, 0.2) is 29.6 Å². The predicted molar refractivity (Wildman–Crippen MR) is 101 cm³/mol. The highest BCUT2D eigenvalue weighted by atomic mass is 32.1. The number of rotatable bonds is 5. The molecule has 0 spiro atoms. The molecule has 0 fully saturated rings. The summed E-state index contributed by atoms with van der Waals surface area (Å²) in [5.41, 5.74) is 3.43. The summed E-state index contributed by atoms with van der Waals surface area (Å²) in [6.45, 7) is 1.40. The lowest BCUT2D eigenvalue weighted by atomic mass is 10.2. The minimum atomic E-state index is -0.649. The number of carbonyl (C=O) groups is 2. The molecule has 0 unspecified atom stereocenters. The number of thiazole rings is 1. The molecule has 1 amide bonds. The third-order valence-corrected chi connectivity index (χ3v) is 5.27. The van der Waals surface area contributed by atoms with Gasteiger partial charge in [0.05, 0.1) is 11.4 Å². The second-order valence-corrected chi connectivity index (χ2v) is 7.29. The molecular formula is C19H17FN4O3S. The van der Waals surface area contributed by atoms with Crippen molar-refractivity contribution in [2.24, 2.45) is 0 Å². The molecular weight excluding hydrogens is 383 g/mol. The highest BCUT2D eigenvalue weighted by Gasteiger charge is 2.28. The van der Waals surface area contributed by atoms with E-state index < -0.39 is 18.5 Å². The fourth-order valence-corrected chi connectivity index (χ4v) is 3.87. The smallest absolute Gasteiger partial charge is 0.359 e. The number of carbonyl (C=O) groups excluding carboxylic acids is 2. The first-order valence-corrected chi connectivity index (χ1v) is 9.65. The first-order valence-electron chi connectivity index (χ1n) is 8.77. The summed E-state index contributed by atoms with van der Waals surface area (Å²) in [5.74, 6) is -1.45. The van der Waals surface area contributed by atoms with Gasteiger partial charge in [0.25, 0.3) is 5.91 Å². The van der Waals surface area contributed by atoms with Crippen LogP contribution in [0.5, 0.6) is 0 Å². The number of nitrogens with one attached hydrogen (secondary N) is 1. The summed E-state index contributed by atoms with van der Waals surface area (Å²) < 4.78 is 20.0. The SMILES string of the molecule is Cc1csc(NC(=O)COC(=O)c2nn(-c3ccc(F)cc3)c3c2CCC3)n1. The molecule has 0 saturated heterocycles. The van der Waals surface area contributed by atoms with E-state index in [0.717, 1.165) is 29.8 Å². The number of aromatic nitrogens is 3. The van der Waals surface area contributed by atoms with E-state index in [2.05, 4.69) is 15.4 Å². The highest BCUT2D eigenvalue weighted by Crippen LogP contribution is 2.28. The van der Waals surface area contributed by atoms with Crippen LogP contribution in [-0.4, -0.2) is 33.2 Å². The zero-order valence-electron chi connectivity index (χ0n) is 15.1. The normalized spacial score (nSPS) is 12.6. The molecule has 7 nitrogen and oxygen atoms in total. The number of nitrogens with zero attached hydrogens (tertiary/aromatic N) is 3. The molecule has 2 aromatic heterocycles. The van der Waals surface area contributed by atoms with Crippen LogP contribution in [0.4, 0.5) is 9.52 Å². The van der Waals surface area contributed by atoms with E-state index in [1.807, 2.05) is 12.3 Å². The minimum Gasteiger partial charge on any atom is -0.451 e. The second-order valence-electron chi connectivity index (χ2n) is 6.43. The molecule has 0 atom stereocenters. The fourth-order valence-electron chi connectivity index (χ4n) is 3.16. The van der Waals surface area contributed by atoms with Gasteiger partial charge in [0.1, 0.15) is 5.82 Å². The molecule has 1 aliphatic rings. The Bertz CT molecular complexity index is 1040. The molecule has 1 N–H and O–H groups in total. The summed E-state index contributed by atoms with van der Waals surface area (Å²) in [6.07, 6.45) is 2.39. The molecule has 2 heterocycles. The van der Waals surface area contributed by atoms with Crippen LogP contribution >= 0.6 is 11.3 Å². The number of anilines is 1. The third-order valence-electron chi connectivity index (χ3n) is 4.39. The Morgan fingerprint density at radius 3 is 2.79 bits per heavy atom. The van der Waals surface area contributed by atoms with E-state index >= 15 is 0 Å². The number of amides is 1. The van der Waals surface area contributed by atoms with E-state index in [9.17, 15) is 14.0 Å².